The summed E-state index contributed by atoms with van der Waals surface area (Å²) in [6, 6.07) is 6.57. The molecule has 2 N–H and O–H groups in total. The Bertz CT molecular complexity index is 1140. The standard InChI is InChI=1S/C32H44N2O3/c1-8-32(9-2,25-12-10-24(21(3)16-25)11-15-28(35)31(5,6)7)26-13-14-27(22(4)17-26)30-33-19-23(20-34-30)18-29(36)37/h10,12-14,16-17,19-21,24,28,35H,8-9,11,15,18H2,1-7H3,(H,36,37). The number of benzene rings is 1. The fourth-order valence-corrected chi connectivity index (χ4v) is 5.53. The number of aliphatic carboxylic acids is 1. The minimum atomic E-state index is -0.887. The first-order valence-electron chi connectivity index (χ1n) is 13.6. The predicted molar refractivity (Wildman–Crippen MR) is 150 cm³/mol. The van der Waals surface area contributed by atoms with E-state index in [1.54, 1.807) is 12.4 Å². The Morgan fingerprint density at radius 1 is 1.11 bits per heavy atom. The summed E-state index contributed by atoms with van der Waals surface area (Å²) in [7, 11) is 0. The number of carboxylic acid groups (broad SMARTS) is 1. The maximum Gasteiger partial charge on any atom is 0.307 e. The van der Waals surface area contributed by atoms with E-state index in [4.69, 9.17) is 5.11 Å². The van der Waals surface area contributed by atoms with Crippen LogP contribution in [0.5, 0.6) is 0 Å². The first kappa shape index (κ1) is 28.8. The van der Waals surface area contributed by atoms with Crippen molar-refractivity contribution in [1.82, 2.24) is 9.97 Å². The molecule has 0 radical (unpaired) electrons. The van der Waals surface area contributed by atoms with E-state index in [0.717, 1.165) is 36.8 Å². The minimum absolute atomic E-state index is 0.0733. The van der Waals surface area contributed by atoms with E-state index in [1.807, 2.05) is 0 Å². The van der Waals surface area contributed by atoms with E-state index in [9.17, 15) is 9.90 Å². The van der Waals surface area contributed by atoms with E-state index in [-0.39, 0.29) is 23.4 Å². The first-order valence-corrected chi connectivity index (χ1v) is 13.6. The lowest BCUT2D eigenvalue weighted by molar-refractivity contribution is -0.136. The van der Waals surface area contributed by atoms with E-state index < -0.39 is 5.97 Å². The van der Waals surface area contributed by atoms with Gasteiger partial charge in [-0.2, -0.15) is 0 Å². The summed E-state index contributed by atoms with van der Waals surface area (Å²) in [6.45, 7) is 15.2. The zero-order valence-electron chi connectivity index (χ0n) is 23.6. The summed E-state index contributed by atoms with van der Waals surface area (Å²) in [5, 5.41) is 19.5. The molecule has 0 saturated heterocycles. The number of carbonyl (C=O) groups is 1. The molecule has 0 saturated carbocycles. The van der Waals surface area contributed by atoms with Crippen LogP contribution >= 0.6 is 0 Å². The van der Waals surface area contributed by atoms with Gasteiger partial charge >= 0.3 is 5.97 Å². The lowest BCUT2D eigenvalue weighted by Gasteiger charge is -2.38. The smallest absolute Gasteiger partial charge is 0.307 e. The Morgan fingerprint density at radius 2 is 1.76 bits per heavy atom. The molecular weight excluding hydrogens is 460 g/mol. The zero-order chi connectivity index (χ0) is 27.4. The number of rotatable bonds is 10. The van der Waals surface area contributed by atoms with Crippen LogP contribution in [0.25, 0.3) is 11.4 Å². The van der Waals surface area contributed by atoms with Crippen molar-refractivity contribution in [3.63, 3.8) is 0 Å². The van der Waals surface area contributed by atoms with Crippen molar-refractivity contribution < 1.29 is 15.0 Å². The van der Waals surface area contributed by atoms with Gasteiger partial charge in [0.15, 0.2) is 5.82 Å². The predicted octanol–water partition coefficient (Wildman–Crippen LogP) is 7.07. The van der Waals surface area contributed by atoms with Gasteiger partial charge in [0.05, 0.1) is 12.5 Å². The van der Waals surface area contributed by atoms with Gasteiger partial charge in [-0.25, -0.2) is 9.97 Å². The molecule has 2 aromatic rings. The number of aliphatic hydroxyl groups is 1. The Morgan fingerprint density at radius 3 is 2.27 bits per heavy atom. The number of aromatic nitrogens is 2. The molecule has 3 rings (SSSR count). The molecule has 0 spiro atoms. The van der Waals surface area contributed by atoms with Crippen molar-refractivity contribution >= 4 is 5.97 Å². The van der Waals surface area contributed by atoms with Crippen LogP contribution in [0.2, 0.25) is 0 Å². The Kier molecular flexibility index (Phi) is 9.12. The third-order valence-corrected chi connectivity index (χ3v) is 8.25. The maximum atomic E-state index is 11.0. The van der Waals surface area contributed by atoms with Gasteiger partial charge in [0.1, 0.15) is 0 Å². The van der Waals surface area contributed by atoms with Gasteiger partial charge in [0.2, 0.25) is 0 Å². The van der Waals surface area contributed by atoms with Gasteiger partial charge in [-0.3, -0.25) is 4.79 Å². The van der Waals surface area contributed by atoms with Gasteiger partial charge < -0.3 is 10.2 Å². The molecule has 200 valence electrons. The molecule has 0 bridgehead atoms. The molecule has 1 aromatic heterocycles. The molecule has 3 unspecified atom stereocenters. The average molecular weight is 505 g/mol. The Balaban J connectivity index is 1.84. The van der Waals surface area contributed by atoms with Crippen molar-refractivity contribution in [2.75, 3.05) is 0 Å². The molecule has 1 aliphatic rings. The number of nitrogens with zero attached hydrogens (tertiary/aromatic N) is 2. The second kappa shape index (κ2) is 11.7. The van der Waals surface area contributed by atoms with E-state index in [2.05, 4.69) is 94.9 Å². The number of aliphatic hydroxyl groups excluding tert-OH is 1. The average Bonchev–Trinajstić information content (AvgIpc) is 2.84. The molecule has 5 heteroatoms. The summed E-state index contributed by atoms with van der Waals surface area (Å²) in [5.41, 5.74) is 5.18. The molecule has 0 amide bonds. The van der Waals surface area contributed by atoms with Crippen LogP contribution in [0.4, 0.5) is 0 Å². The molecule has 1 aromatic carbocycles. The highest BCUT2D eigenvalue weighted by Gasteiger charge is 2.34. The molecule has 0 aliphatic heterocycles. The largest absolute Gasteiger partial charge is 0.481 e. The normalized spacial score (nSPS) is 19.0. The van der Waals surface area contributed by atoms with Gasteiger partial charge in [-0.1, -0.05) is 78.0 Å². The fourth-order valence-electron chi connectivity index (χ4n) is 5.53. The van der Waals surface area contributed by atoms with E-state index in [0.29, 0.717) is 23.2 Å². The van der Waals surface area contributed by atoms with Crippen LogP contribution in [-0.4, -0.2) is 32.3 Å². The Hall–Kier alpha value is -2.79. The van der Waals surface area contributed by atoms with Crippen molar-refractivity contribution in [3.05, 3.63) is 71.1 Å². The molecule has 37 heavy (non-hydrogen) atoms. The van der Waals surface area contributed by atoms with Crippen LogP contribution in [0, 0.1) is 24.2 Å². The summed E-state index contributed by atoms with van der Waals surface area (Å²) in [5.74, 6) is 0.587. The van der Waals surface area contributed by atoms with Crippen molar-refractivity contribution in [2.24, 2.45) is 17.3 Å². The van der Waals surface area contributed by atoms with Gasteiger partial charge in [0, 0.05) is 23.4 Å². The van der Waals surface area contributed by atoms with Gasteiger partial charge in [-0.05, 0) is 72.1 Å². The first-order chi connectivity index (χ1) is 17.4. The highest BCUT2D eigenvalue weighted by Crippen LogP contribution is 2.44. The lowest BCUT2D eigenvalue weighted by Crippen LogP contribution is -2.30. The van der Waals surface area contributed by atoms with Gasteiger partial charge in [0.25, 0.3) is 0 Å². The molecule has 3 atom stereocenters. The third kappa shape index (κ3) is 6.56. The SMILES string of the molecule is CCC(CC)(C1=CC(C)C(CCC(O)C(C)(C)C)C=C1)c1ccc(-c2ncc(CC(=O)O)cn2)c(C)c1. The van der Waals surface area contributed by atoms with Crippen LogP contribution in [0.1, 0.15) is 83.9 Å². The van der Waals surface area contributed by atoms with Crippen molar-refractivity contribution in [1.29, 1.82) is 0 Å². The third-order valence-electron chi connectivity index (χ3n) is 8.25. The summed E-state index contributed by atoms with van der Waals surface area (Å²) in [4.78, 5) is 19.8. The number of hydrogen-bond donors (Lipinski definition) is 2. The molecular formula is C32H44N2O3. The molecule has 1 heterocycles. The zero-order valence-corrected chi connectivity index (χ0v) is 23.6. The van der Waals surface area contributed by atoms with Gasteiger partial charge in [-0.15, -0.1) is 0 Å². The van der Waals surface area contributed by atoms with E-state index in [1.165, 1.54) is 11.1 Å². The monoisotopic (exact) mass is 504 g/mol. The van der Waals surface area contributed by atoms with Crippen LogP contribution in [-0.2, 0) is 16.6 Å². The summed E-state index contributed by atoms with van der Waals surface area (Å²) in [6.07, 6.45) is 13.8. The number of allylic oxidation sites excluding steroid dienone is 4. The number of aryl methyl sites for hydroxylation is 1. The molecule has 5 nitrogen and oxygen atoms in total. The van der Waals surface area contributed by atoms with Crippen molar-refractivity contribution in [2.45, 2.75) is 92.1 Å². The van der Waals surface area contributed by atoms with Crippen LogP contribution < -0.4 is 0 Å². The van der Waals surface area contributed by atoms with Crippen LogP contribution in [0.15, 0.2) is 54.4 Å². The fraction of sp³-hybridized carbons (Fsp3) is 0.531. The second-order valence-corrected chi connectivity index (χ2v) is 11.8. The number of hydrogen-bond acceptors (Lipinski definition) is 4. The van der Waals surface area contributed by atoms with Crippen molar-refractivity contribution in [3.8, 4) is 11.4 Å². The minimum Gasteiger partial charge on any atom is -0.481 e. The maximum absolute atomic E-state index is 11.0. The molecule has 1 aliphatic carbocycles. The Labute approximate surface area is 222 Å². The second-order valence-electron chi connectivity index (χ2n) is 11.8. The lowest BCUT2D eigenvalue weighted by atomic mass is 9.66. The quantitative estimate of drug-likeness (QED) is 0.361. The highest BCUT2D eigenvalue weighted by atomic mass is 16.4. The highest BCUT2D eigenvalue weighted by molar-refractivity contribution is 5.70. The van der Waals surface area contributed by atoms with Crippen LogP contribution in [0.3, 0.4) is 0 Å². The summed E-state index contributed by atoms with van der Waals surface area (Å²) < 4.78 is 0. The number of carboxylic acids is 1. The summed E-state index contributed by atoms with van der Waals surface area (Å²) >= 11 is 0. The van der Waals surface area contributed by atoms with E-state index >= 15 is 0 Å². The topological polar surface area (TPSA) is 83.3 Å². The molecule has 0 fully saturated rings.